The number of alkyl carbamates (subject to hydrolysis) is 1. The number of amides is 1. The quantitative estimate of drug-likeness (QED) is 0.798. The minimum atomic E-state index is -0.475. The summed E-state index contributed by atoms with van der Waals surface area (Å²) in [6, 6.07) is 0. The smallest absolute Gasteiger partial charge is 0.407 e. The lowest BCUT2D eigenvalue weighted by Crippen LogP contribution is -2.33. The van der Waals surface area contributed by atoms with Gasteiger partial charge in [-0.2, -0.15) is 0 Å². The van der Waals surface area contributed by atoms with Gasteiger partial charge in [0, 0.05) is 45.1 Å². The van der Waals surface area contributed by atoms with Gasteiger partial charge < -0.3 is 19.4 Å². The van der Waals surface area contributed by atoms with Crippen molar-refractivity contribution >= 4 is 6.09 Å². The Kier molecular flexibility index (Phi) is 7.06. The van der Waals surface area contributed by atoms with Crippen LogP contribution in [-0.4, -0.2) is 41.5 Å². The predicted octanol–water partition coefficient (Wildman–Crippen LogP) is 3.01. The fourth-order valence-corrected chi connectivity index (χ4v) is 2.22. The van der Waals surface area contributed by atoms with Gasteiger partial charge in [0.15, 0.2) is 0 Å². The average Bonchev–Trinajstić information content (AvgIpc) is 2.81. The van der Waals surface area contributed by atoms with Gasteiger partial charge in [-0.1, -0.05) is 13.8 Å². The van der Waals surface area contributed by atoms with Crippen molar-refractivity contribution in [2.75, 3.05) is 20.3 Å². The molecule has 23 heavy (non-hydrogen) atoms. The van der Waals surface area contributed by atoms with Gasteiger partial charge in [0.1, 0.15) is 5.60 Å². The first-order chi connectivity index (χ1) is 10.6. The van der Waals surface area contributed by atoms with E-state index < -0.39 is 5.60 Å². The highest BCUT2D eigenvalue weighted by Crippen LogP contribution is 2.23. The Labute approximate surface area is 139 Å². The van der Waals surface area contributed by atoms with Gasteiger partial charge >= 0.3 is 6.09 Å². The van der Waals surface area contributed by atoms with E-state index in [-0.39, 0.29) is 11.5 Å². The van der Waals surface area contributed by atoms with Crippen LogP contribution in [0.1, 0.15) is 46.7 Å². The molecule has 0 aliphatic rings. The number of carbonyl (C=O) groups excluding carboxylic acids is 1. The fourth-order valence-electron chi connectivity index (χ4n) is 2.22. The molecular formula is C17H31N3O3. The van der Waals surface area contributed by atoms with Gasteiger partial charge in [0.05, 0.1) is 6.33 Å². The Bertz CT molecular complexity index is 490. The molecule has 1 aromatic heterocycles. The number of ether oxygens (including phenoxy) is 2. The second-order valence-electron chi connectivity index (χ2n) is 7.60. The zero-order chi connectivity index (χ0) is 17.5. The molecule has 0 aromatic carbocycles. The van der Waals surface area contributed by atoms with Crippen molar-refractivity contribution in [2.24, 2.45) is 5.41 Å². The number of aromatic nitrogens is 2. The van der Waals surface area contributed by atoms with Crippen LogP contribution in [-0.2, 0) is 22.4 Å². The van der Waals surface area contributed by atoms with Crippen molar-refractivity contribution in [1.82, 2.24) is 14.9 Å². The molecule has 1 N–H and O–H groups in total. The van der Waals surface area contributed by atoms with Crippen LogP contribution in [0, 0.1) is 5.41 Å². The number of rotatable bonds is 8. The zero-order valence-corrected chi connectivity index (χ0v) is 15.3. The summed E-state index contributed by atoms with van der Waals surface area (Å²) in [6.07, 6.45) is 5.02. The summed E-state index contributed by atoms with van der Waals surface area (Å²) in [5.74, 6) is 0. The van der Waals surface area contributed by atoms with Gasteiger partial charge in [0.2, 0.25) is 0 Å². The standard InChI is InChI=1S/C17H31N3O3/c1-16(2,3)23-15(21)19-9-7-14-11-18-13-20(14)12-17(4,5)8-10-22-6/h11,13H,7-10,12H2,1-6H3,(H,19,21). The van der Waals surface area contributed by atoms with Gasteiger partial charge in [-0.3, -0.25) is 0 Å². The first-order valence-corrected chi connectivity index (χ1v) is 8.08. The minimum absolute atomic E-state index is 0.129. The number of imidazole rings is 1. The van der Waals surface area contributed by atoms with Crippen LogP contribution in [0.3, 0.4) is 0 Å². The lowest BCUT2D eigenvalue weighted by molar-refractivity contribution is 0.0528. The highest BCUT2D eigenvalue weighted by molar-refractivity contribution is 5.67. The Hall–Kier alpha value is -1.56. The van der Waals surface area contributed by atoms with Crippen LogP contribution in [0.4, 0.5) is 4.79 Å². The molecule has 1 rings (SSSR count). The van der Waals surface area contributed by atoms with Crippen LogP contribution in [0.15, 0.2) is 12.5 Å². The lowest BCUT2D eigenvalue weighted by Gasteiger charge is -2.26. The molecule has 6 nitrogen and oxygen atoms in total. The molecule has 0 atom stereocenters. The normalized spacial score (nSPS) is 12.3. The Morgan fingerprint density at radius 1 is 1.30 bits per heavy atom. The highest BCUT2D eigenvalue weighted by Gasteiger charge is 2.20. The van der Waals surface area contributed by atoms with Gasteiger partial charge in [-0.25, -0.2) is 9.78 Å². The minimum Gasteiger partial charge on any atom is -0.444 e. The molecule has 1 aromatic rings. The largest absolute Gasteiger partial charge is 0.444 e. The van der Waals surface area contributed by atoms with Crippen LogP contribution in [0.25, 0.3) is 0 Å². The third-order valence-corrected chi connectivity index (χ3v) is 3.43. The van der Waals surface area contributed by atoms with Crippen LogP contribution in [0.5, 0.6) is 0 Å². The maximum absolute atomic E-state index is 11.6. The van der Waals surface area contributed by atoms with Crippen molar-refractivity contribution in [2.45, 2.75) is 59.6 Å². The maximum Gasteiger partial charge on any atom is 0.407 e. The molecule has 6 heteroatoms. The Morgan fingerprint density at radius 2 is 2.00 bits per heavy atom. The van der Waals surface area contributed by atoms with E-state index in [0.29, 0.717) is 6.54 Å². The Balaban J connectivity index is 2.48. The number of nitrogens with one attached hydrogen (secondary N) is 1. The molecule has 0 aliphatic carbocycles. The number of nitrogens with zero attached hydrogens (tertiary/aromatic N) is 2. The third-order valence-electron chi connectivity index (χ3n) is 3.43. The van der Waals surface area contributed by atoms with E-state index in [2.05, 4.69) is 28.7 Å². The molecule has 0 unspecified atom stereocenters. The summed E-state index contributed by atoms with van der Waals surface area (Å²) < 4.78 is 12.5. The SMILES string of the molecule is COCCC(C)(C)Cn1cncc1CCNC(=O)OC(C)(C)C. The topological polar surface area (TPSA) is 65.4 Å². The van der Waals surface area contributed by atoms with Crippen LogP contribution < -0.4 is 5.32 Å². The maximum atomic E-state index is 11.6. The molecule has 0 fully saturated rings. The van der Waals surface area contributed by atoms with Crippen LogP contribution >= 0.6 is 0 Å². The number of carbonyl (C=O) groups is 1. The lowest BCUT2D eigenvalue weighted by atomic mass is 9.89. The number of hydrogen-bond donors (Lipinski definition) is 1. The predicted molar refractivity (Wildman–Crippen MR) is 90.4 cm³/mol. The first-order valence-electron chi connectivity index (χ1n) is 8.08. The van der Waals surface area contributed by atoms with E-state index in [9.17, 15) is 4.79 Å². The molecule has 0 aliphatic heterocycles. The van der Waals surface area contributed by atoms with Gasteiger partial charge in [-0.05, 0) is 32.6 Å². The molecule has 0 saturated carbocycles. The first kappa shape index (κ1) is 19.5. The number of methoxy groups -OCH3 is 1. The van der Waals surface area contributed by atoms with E-state index in [1.807, 2.05) is 33.3 Å². The average molecular weight is 325 g/mol. The molecule has 1 amide bonds. The molecular weight excluding hydrogens is 294 g/mol. The van der Waals surface area contributed by atoms with Gasteiger partial charge in [-0.15, -0.1) is 0 Å². The van der Waals surface area contributed by atoms with Crippen molar-refractivity contribution in [3.05, 3.63) is 18.2 Å². The van der Waals surface area contributed by atoms with E-state index in [1.165, 1.54) is 0 Å². The summed E-state index contributed by atoms with van der Waals surface area (Å²) in [7, 11) is 1.72. The molecule has 0 spiro atoms. The summed E-state index contributed by atoms with van der Waals surface area (Å²) in [5, 5.41) is 2.78. The second-order valence-corrected chi connectivity index (χ2v) is 7.60. The Morgan fingerprint density at radius 3 is 2.61 bits per heavy atom. The van der Waals surface area contributed by atoms with E-state index in [1.54, 1.807) is 7.11 Å². The third kappa shape index (κ3) is 8.02. The monoisotopic (exact) mass is 325 g/mol. The van der Waals surface area contributed by atoms with E-state index in [0.717, 1.165) is 31.7 Å². The zero-order valence-electron chi connectivity index (χ0n) is 15.3. The molecule has 0 radical (unpaired) electrons. The van der Waals surface area contributed by atoms with E-state index >= 15 is 0 Å². The van der Waals surface area contributed by atoms with Crippen molar-refractivity contribution in [3.8, 4) is 0 Å². The van der Waals surface area contributed by atoms with Crippen molar-refractivity contribution < 1.29 is 14.3 Å². The summed E-state index contributed by atoms with van der Waals surface area (Å²) >= 11 is 0. The fraction of sp³-hybridized carbons (Fsp3) is 0.765. The molecule has 1 heterocycles. The number of hydrogen-bond acceptors (Lipinski definition) is 4. The van der Waals surface area contributed by atoms with Gasteiger partial charge in [0.25, 0.3) is 0 Å². The second kappa shape index (κ2) is 8.34. The summed E-state index contributed by atoms with van der Waals surface area (Å²) in [6.45, 7) is 12.1. The molecule has 0 bridgehead atoms. The molecule has 132 valence electrons. The van der Waals surface area contributed by atoms with Crippen molar-refractivity contribution in [3.63, 3.8) is 0 Å². The van der Waals surface area contributed by atoms with E-state index in [4.69, 9.17) is 9.47 Å². The highest BCUT2D eigenvalue weighted by atomic mass is 16.6. The van der Waals surface area contributed by atoms with Crippen molar-refractivity contribution in [1.29, 1.82) is 0 Å². The summed E-state index contributed by atoms with van der Waals surface area (Å²) in [4.78, 5) is 15.9. The molecule has 0 saturated heterocycles. The summed E-state index contributed by atoms with van der Waals surface area (Å²) in [5.41, 5.74) is 0.757. The van der Waals surface area contributed by atoms with Crippen LogP contribution in [0.2, 0.25) is 0 Å².